The Balaban J connectivity index is 1.83. The first-order valence-corrected chi connectivity index (χ1v) is 8.12. The summed E-state index contributed by atoms with van der Waals surface area (Å²) in [6.45, 7) is 3.99. The van der Waals surface area contributed by atoms with Gasteiger partial charge in [0.15, 0.2) is 11.0 Å². The summed E-state index contributed by atoms with van der Waals surface area (Å²) in [5.41, 5.74) is 0.934. The maximum Gasteiger partial charge on any atom is 0.239 e. The third-order valence-electron chi connectivity index (χ3n) is 3.28. The molecule has 0 aliphatic rings. The predicted molar refractivity (Wildman–Crippen MR) is 85.9 cm³/mol. The van der Waals surface area contributed by atoms with E-state index in [4.69, 9.17) is 9.26 Å². The number of aromatic nitrogens is 5. The molecule has 0 aliphatic heterocycles. The molecule has 1 unspecified atom stereocenters. The number of aryl methyl sites for hydroxylation is 1. The summed E-state index contributed by atoms with van der Waals surface area (Å²) in [5, 5.41) is 12.9. The van der Waals surface area contributed by atoms with Gasteiger partial charge >= 0.3 is 0 Å². The van der Waals surface area contributed by atoms with E-state index in [2.05, 4.69) is 20.3 Å². The van der Waals surface area contributed by atoms with E-state index in [1.54, 1.807) is 13.4 Å². The lowest BCUT2D eigenvalue weighted by Crippen LogP contribution is -1.98. The highest BCUT2D eigenvalue weighted by Gasteiger charge is 2.19. The van der Waals surface area contributed by atoms with Gasteiger partial charge in [0.25, 0.3) is 0 Å². The normalized spacial score (nSPS) is 12.3. The molecule has 3 aromatic rings. The lowest BCUT2D eigenvalue weighted by molar-refractivity contribution is 0.375. The largest absolute Gasteiger partial charge is 0.497 e. The number of hydrogen-bond acceptors (Lipinski definition) is 7. The van der Waals surface area contributed by atoms with Crippen LogP contribution in [0.15, 0.2) is 40.3 Å². The van der Waals surface area contributed by atoms with Gasteiger partial charge in [0, 0.05) is 12.5 Å². The number of thioether (sulfide) groups is 1. The lowest BCUT2D eigenvalue weighted by Gasteiger charge is -2.09. The third kappa shape index (κ3) is 3.37. The van der Waals surface area contributed by atoms with E-state index in [0.29, 0.717) is 11.7 Å². The van der Waals surface area contributed by atoms with Crippen LogP contribution in [0.1, 0.15) is 30.8 Å². The molecular weight excluding hydrogens is 314 g/mol. The Kier molecular flexibility index (Phi) is 4.61. The van der Waals surface area contributed by atoms with Crippen molar-refractivity contribution in [3.8, 4) is 11.4 Å². The van der Waals surface area contributed by atoms with E-state index >= 15 is 0 Å². The van der Waals surface area contributed by atoms with Crippen molar-refractivity contribution in [1.82, 2.24) is 24.9 Å². The van der Waals surface area contributed by atoms with Gasteiger partial charge in [0.1, 0.15) is 12.1 Å². The van der Waals surface area contributed by atoms with Gasteiger partial charge in [0.05, 0.1) is 18.0 Å². The highest BCUT2D eigenvalue weighted by atomic mass is 32.2. The van der Waals surface area contributed by atoms with E-state index in [0.717, 1.165) is 23.0 Å². The zero-order chi connectivity index (χ0) is 16.2. The van der Waals surface area contributed by atoms with Crippen LogP contribution in [0, 0.1) is 0 Å². The highest BCUT2D eigenvalue weighted by molar-refractivity contribution is 7.99. The molecule has 8 heteroatoms. The van der Waals surface area contributed by atoms with Crippen LogP contribution in [0.5, 0.6) is 5.75 Å². The van der Waals surface area contributed by atoms with Gasteiger partial charge in [-0.25, -0.2) is 0 Å². The summed E-state index contributed by atoms with van der Waals surface area (Å²) in [4.78, 5) is 4.36. The van der Waals surface area contributed by atoms with E-state index in [9.17, 15) is 0 Å². The highest BCUT2D eigenvalue weighted by Crippen LogP contribution is 2.34. The van der Waals surface area contributed by atoms with Crippen molar-refractivity contribution in [1.29, 1.82) is 0 Å². The molecule has 0 amide bonds. The number of hydrogen-bond donors (Lipinski definition) is 0. The number of methoxy groups -OCH3 is 1. The Bertz CT molecular complexity index is 786. The van der Waals surface area contributed by atoms with Gasteiger partial charge in [-0.3, -0.25) is 4.57 Å². The summed E-state index contributed by atoms with van der Waals surface area (Å²) in [6.07, 6.45) is 2.43. The van der Waals surface area contributed by atoms with Crippen LogP contribution in [-0.2, 0) is 6.42 Å². The molecule has 2 aromatic heterocycles. The molecule has 0 saturated carbocycles. The fraction of sp³-hybridized carbons (Fsp3) is 0.333. The first kappa shape index (κ1) is 15.5. The second-order valence-corrected chi connectivity index (χ2v) is 6.16. The van der Waals surface area contributed by atoms with Gasteiger partial charge in [-0.05, 0) is 19.1 Å². The minimum absolute atomic E-state index is 0.0173. The lowest BCUT2D eigenvalue weighted by atomic mass is 10.3. The van der Waals surface area contributed by atoms with Crippen LogP contribution in [0.3, 0.4) is 0 Å². The average molecular weight is 331 g/mol. The van der Waals surface area contributed by atoms with Crippen molar-refractivity contribution in [2.75, 3.05) is 7.11 Å². The fourth-order valence-corrected chi connectivity index (χ4v) is 2.90. The van der Waals surface area contributed by atoms with Crippen LogP contribution in [-0.4, -0.2) is 32.0 Å². The minimum Gasteiger partial charge on any atom is -0.497 e. The van der Waals surface area contributed by atoms with Crippen LogP contribution in [0.25, 0.3) is 5.69 Å². The fourth-order valence-electron chi connectivity index (χ4n) is 2.03. The van der Waals surface area contributed by atoms with Crippen molar-refractivity contribution in [2.24, 2.45) is 0 Å². The molecule has 0 saturated heterocycles. The molecule has 23 heavy (non-hydrogen) atoms. The number of rotatable bonds is 6. The Morgan fingerprint density at radius 1 is 1.39 bits per heavy atom. The third-order valence-corrected chi connectivity index (χ3v) is 4.32. The SMILES string of the molecule is CCc1noc(C(C)Sc2nncn2-c2cccc(OC)c2)n1. The summed E-state index contributed by atoms with van der Waals surface area (Å²) < 4.78 is 12.5. The van der Waals surface area contributed by atoms with Crippen LogP contribution >= 0.6 is 11.8 Å². The Labute approximate surface area is 138 Å². The summed E-state index contributed by atoms with van der Waals surface area (Å²) in [5.74, 6) is 2.08. The summed E-state index contributed by atoms with van der Waals surface area (Å²) >= 11 is 1.51. The zero-order valence-corrected chi connectivity index (χ0v) is 13.9. The second-order valence-electron chi connectivity index (χ2n) is 4.85. The standard InChI is InChI=1S/C15H17N5O2S/c1-4-13-17-14(22-19-13)10(2)23-15-18-16-9-20(15)11-6-5-7-12(8-11)21-3/h5-10H,4H2,1-3H3. The molecule has 3 rings (SSSR count). The minimum atomic E-state index is -0.0173. The average Bonchev–Trinajstić information content (AvgIpc) is 3.24. The predicted octanol–water partition coefficient (Wildman–Crippen LogP) is 3.07. The molecule has 0 fully saturated rings. The van der Waals surface area contributed by atoms with Gasteiger partial charge in [-0.15, -0.1) is 10.2 Å². The van der Waals surface area contributed by atoms with Crippen LogP contribution in [0.2, 0.25) is 0 Å². The molecule has 1 atom stereocenters. The van der Waals surface area contributed by atoms with Gasteiger partial charge in [-0.2, -0.15) is 4.98 Å². The van der Waals surface area contributed by atoms with Gasteiger partial charge in [-0.1, -0.05) is 29.9 Å². The number of benzene rings is 1. The van der Waals surface area contributed by atoms with Crippen LogP contribution < -0.4 is 4.74 Å². The monoisotopic (exact) mass is 331 g/mol. The van der Waals surface area contributed by atoms with Gasteiger partial charge in [0.2, 0.25) is 5.89 Å². The van der Waals surface area contributed by atoms with Gasteiger partial charge < -0.3 is 9.26 Å². The van der Waals surface area contributed by atoms with Crippen LogP contribution in [0.4, 0.5) is 0 Å². The number of nitrogens with zero attached hydrogens (tertiary/aromatic N) is 5. The summed E-state index contributed by atoms with van der Waals surface area (Å²) in [6, 6.07) is 7.73. The topological polar surface area (TPSA) is 78.9 Å². The second kappa shape index (κ2) is 6.82. The Morgan fingerprint density at radius 2 is 2.26 bits per heavy atom. The van der Waals surface area contributed by atoms with Crippen molar-refractivity contribution < 1.29 is 9.26 Å². The van der Waals surface area contributed by atoms with Crippen molar-refractivity contribution >= 4 is 11.8 Å². The molecule has 1 aromatic carbocycles. The smallest absolute Gasteiger partial charge is 0.239 e. The van der Waals surface area contributed by atoms with E-state index < -0.39 is 0 Å². The molecular formula is C15H17N5O2S. The summed E-state index contributed by atoms with van der Waals surface area (Å²) in [7, 11) is 1.64. The Morgan fingerprint density at radius 3 is 3.00 bits per heavy atom. The van der Waals surface area contributed by atoms with E-state index in [1.165, 1.54) is 11.8 Å². The van der Waals surface area contributed by atoms with Crippen molar-refractivity contribution in [3.05, 3.63) is 42.3 Å². The van der Waals surface area contributed by atoms with Crippen molar-refractivity contribution in [2.45, 2.75) is 30.7 Å². The van der Waals surface area contributed by atoms with E-state index in [-0.39, 0.29) is 5.25 Å². The molecule has 7 nitrogen and oxygen atoms in total. The maximum absolute atomic E-state index is 5.29. The molecule has 0 aliphatic carbocycles. The first-order chi connectivity index (χ1) is 11.2. The molecule has 0 N–H and O–H groups in total. The molecule has 0 bridgehead atoms. The molecule has 0 spiro atoms. The molecule has 2 heterocycles. The molecule has 120 valence electrons. The number of ether oxygens (including phenoxy) is 1. The quantitative estimate of drug-likeness (QED) is 0.642. The van der Waals surface area contributed by atoms with Crippen molar-refractivity contribution in [3.63, 3.8) is 0 Å². The zero-order valence-electron chi connectivity index (χ0n) is 13.1. The first-order valence-electron chi connectivity index (χ1n) is 7.24. The Hall–Kier alpha value is -2.35. The molecule has 0 radical (unpaired) electrons. The van der Waals surface area contributed by atoms with E-state index in [1.807, 2.05) is 42.7 Å². The maximum atomic E-state index is 5.29.